The molecule has 0 aliphatic heterocycles. The standard InChI is InChI=1S/C17H15N3O3S/c1-11-10-12(6-7-14(11)20(22)23)17(21)18-9-8-16-19-13-4-2-3-5-15(13)24-16/h2-7,10H,8-9H2,1H3,(H,18,21). The molecule has 0 bridgehead atoms. The van der Waals surface area contributed by atoms with E-state index in [2.05, 4.69) is 10.3 Å². The number of nitrogens with one attached hydrogen (secondary N) is 1. The molecule has 0 radical (unpaired) electrons. The van der Waals surface area contributed by atoms with Gasteiger partial charge in [-0.2, -0.15) is 0 Å². The van der Waals surface area contributed by atoms with E-state index < -0.39 is 4.92 Å². The number of nitro groups is 1. The molecule has 2 aromatic carbocycles. The molecule has 1 heterocycles. The number of benzene rings is 2. The van der Waals surface area contributed by atoms with E-state index in [0.29, 0.717) is 24.1 Å². The predicted molar refractivity (Wildman–Crippen MR) is 93.5 cm³/mol. The number of nitro benzene ring substituents is 1. The van der Waals surface area contributed by atoms with Crippen LogP contribution in [0, 0.1) is 17.0 Å². The number of fused-ring (bicyclic) bond motifs is 1. The van der Waals surface area contributed by atoms with E-state index in [1.165, 1.54) is 18.2 Å². The molecule has 3 rings (SSSR count). The lowest BCUT2D eigenvalue weighted by atomic mass is 10.1. The number of thiazole rings is 1. The molecule has 24 heavy (non-hydrogen) atoms. The van der Waals surface area contributed by atoms with Gasteiger partial charge in [-0.15, -0.1) is 11.3 Å². The number of carbonyl (C=O) groups excluding carboxylic acids is 1. The average Bonchev–Trinajstić information content (AvgIpc) is 2.97. The van der Waals surface area contributed by atoms with Crippen LogP contribution in [0.2, 0.25) is 0 Å². The predicted octanol–water partition coefficient (Wildman–Crippen LogP) is 3.49. The van der Waals surface area contributed by atoms with Crippen LogP contribution < -0.4 is 5.32 Å². The molecule has 1 amide bonds. The topological polar surface area (TPSA) is 85.1 Å². The first-order valence-electron chi connectivity index (χ1n) is 7.42. The second-order valence-corrected chi connectivity index (χ2v) is 6.45. The number of nitrogens with zero attached hydrogens (tertiary/aromatic N) is 2. The zero-order chi connectivity index (χ0) is 17.1. The lowest BCUT2D eigenvalue weighted by molar-refractivity contribution is -0.385. The van der Waals surface area contributed by atoms with Crippen LogP contribution in [0.4, 0.5) is 5.69 Å². The molecule has 0 spiro atoms. The number of hydrogen-bond donors (Lipinski definition) is 1. The fourth-order valence-corrected chi connectivity index (χ4v) is 3.38. The number of hydrogen-bond acceptors (Lipinski definition) is 5. The summed E-state index contributed by atoms with van der Waals surface area (Å²) in [4.78, 5) is 27.0. The Kier molecular flexibility index (Phi) is 4.52. The summed E-state index contributed by atoms with van der Waals surface area (Å²) in [6, 6.07) is 12.3. The fraction of sp³-hybridized carbons (Fsp3) is 0.176. The molecule has 0 unspecified atom stereocenters. The maximum Gasteiger partial charge on any atom is 0.272 e. The first kappa shape index (κ1) is 16.1. The molecule has 3 aromatic rings. The Morgan fingerprint density at radius 2 is 2.08 bits per heavy atom. The molecule has 0 saturated carbocycles. The summed E-state index contributed by atoms with van der Waals surface area (Å²) in [5, 5.41) is 14.6. The number of aryl methyl sites for hydroxylation is 1. The van der Waals surface area contributed by atoms with Crippen LogP contribution in [0.25, 0.3) is 10.2 Å². The minimum absolute atomic E-state index is 0.0148. The zero-order valence-electron chi connectivity index (χ0n) is 13.0. The maximum absolute atomic E-state index is 12.1. The Hall–Kier alpha value is -2.80. The normalized spacial score (nSPS) is 10.7. The average molecular weight is 341 g/mol. The highest BCUT2D eigenvalue weighted by atomic mass is 32.1. The molecular formula is C17H15N3O3S. The number of rotatable bonds is 5. The number of amides is 1. The quantitative estimate of drug-likeness (QED) is 0.568. The van der Waals surface area contributed by atoms with E-state index in [0.717, 1.165) is 15.2 Å². The van der Waals surface area contributed by atoms with Crippen LogP contribution in [0.15, 0.2) is 42.5 Å². The van der Waals surface area contributed by atoms with E-state index >= 15 is 0 Å². The van der Waals surface area contributed by atoms with Crippen LogP contribution in [0.3, 0.4) is 0 Å². The first-order chi connectivity index (χ1) is 11.5. The summed E-state index contributed by atoms with van der Waals surface area (Å²) in [7, 11) is 0. The number of carbonyl (C=O) groups is 1. The van der Waals surface area contributed by atoms with Crippen molar-refractivity contribution in [3.8, 4) is 0 Å². The second-order valence-electron chi connectivity index (χ2n) is 5.34. The second kappa shape index (κ2) is 6.76. The van der Waals surface area contributed by atoms with Gasteiger partial charge < -0.3 is 5.32 Å². The highest BCUT2D eigenvalue weighted by molar-refractivity contribution is 7.18. The minimum Gasteiger partial charge on any atom is -0.352 e. The fourth-order valence-electron chi connectivity index (χ4n) is 2.41. The van der Waals surface area contributed by atoms with Crippen molar-refractivity contribution < 1.29 is 9.72 Å². The van der Waals surface area contributed by atoms with Gasteiger partial charge in [0, 0.05) is 30.2 Å². The van der Waals surface area contributed by atoms with Crippen LogP contribution in [-0.2, 0) is 6.42 Å². The van der Waals surface area contributed by atoms with Crippen LogP contribution >= 0.6 is 11.3 Å². The summed E-state index contributed by atoms with van der Waals surface area (Å²) in [5.74, 6) is -0.242. The van der Waals surface area contributed by atoms with Crippen molar-refractivity contribution in [1.29, 1.82) is 0 Å². The van der Waals surface area contributed by atoms with Gasteiger partial charge in [0.25, 0.3) is 11.6 Å². The van der Waals surface area contributed by atoms with Gasteiger partial charge in [-0.3, -0.25) is 14.9 Å². The smallest absolute Gasteiger partial charge is 0.272 e. The lowest BCUT2D eigenvalue weighted by Crippen LogP contribution is -2.25. The van der Waals surface area contributed by atoms with Crippen molar-refractivity contribution >= 4 is 33.1 Å². The Labute approximate surface area is 142 Å². The molecular weight excluding hydrogens is 326 g/mol. The zero-order valence-corrected chi connectivity index (χ0v) is 13.8. The molecule has 122 valence electrons. The molecule has 0 aliphatic rings. The first-order valence-corrected chi connectivity index (χ1v) is 8.24. The van der Waals surface area contributed by atoms with Crippen molar-refractivity contribution in [3.05, 3.63) is 68.7 Å². The third-order valence-electron chi connectivity index (χ3n) is 3.62. The largest absolute Gasteiger partial charge is 0.352 e. The Morgan fingerprint density at radius 3 is 2.79 bits per heavy atom. The Bertz CT molecular complexity index is 887. The summed E-state index contributed by atoms with van der Waals surface area (Å²) in [6.45, 7) is 2.09. The molecule has 7 heteroatoms. The van der Waals surface area contributed by atoms with Crippen molar-refractivity contribution in [1.82, 2.24) is 10.3 Å². The van der Waals surface area contributed by atoms with Crippen molar-refractivity contribution in [2.45, 2.75) is 13.3 Å². The van der Waals surface area contributed by atoms with Crippen molar-refractivity contribution in [2.75, 3.05) is 6.54 Å². The third-order valence-corrected chi connectivity index (χ3v) is 4.71. The van der Waals surface area contributed by atoms with E-state index in [-0.39, 0.29) is 11.6 Å². The minimum atomic E-state index is -0.454. The van der Waals surface area contributed by atoms with E-state index in [9.17, 15) is 14.9 Å². The molecule has 0 aliphatic carbocycles. The van der Waals surface area contributed by atoms with Gasteiger partial charge in [0.1, 0.15) is 0 Å². The highest BCUT2D eigenvalue weighted by Crippen LogP contribution is 2.22. The van der Waals surface area contributed by atoms with Crippen LogP contribution in [0.5, 0.6) is 0 Å². The van der Waals surface area contributed by atoms with Gasteiger partial charge in [-0.25, -0.2) is 4.98 Å². The number of aromatic nitrogens is 1. The van der Waals surface area contributed by atoms with Gasteiger partial charge >= 0.3 is 0 Å². The van der Waals surface area contributed by atoms with E-state index in [4.69, 9.17) is 0 Å². The SMILES string of the molecule is Cc1cc(C(=O)NCCc2nc3ccccc3s2)ccc1[N+](=O)[O-]. The third kappa shape index (κ3) is 3.41. The van der Waals surface area contributed by atoms with Gasteiger partial charge in [0.05, 0.1) is 20.1 Å². The summed E-state index contributed by atoms with van der Waals surface area (Å²) in [5.41, 5.74) is 1.87. The van der Waals surface area contributed by atoms with E-state index in [1.54, 1.807) is 18.3 Å². The highest BCUT2D eigenvalue weighted by Gasteiger charge is 2.13. The summed E-state index contributed by atoms with van der Waals surface area (Å²) >= 11 is 1.61. The molecule has 0 saturated heterocycles. The van der Waals surface area contributed by atoms with Gasteiger partial charge in [-0.1, -0.05) is 12.1 Å². The van der Waals surface area contributed by atoms with Crippen molar-refractivity contribution in [3.63, 3.8) is 0 Å². The molecule has 1 N–H and O–H groups in total. The lowest BCUT2D eigenvalue weighted by Gasteiger charge is -2.05. The molecule has 0 fully saturated rings. The van der Waals surface area contributed by atoms with Crippen molar-refractivity contribution in [2.24, 2.45) is 0 Å². The van der Waals surface area contributed by atoms with Crippen LogP contribution in [0.1, 0.15) is 20.9 Å². The summed E-state index contributed by atoms with van der Waals surface area (Å²) < 4.78 is 1.13. The molecule has 1 aromatic heterocycles. The molecule has 6 nitrogen and oxygen atoms in total. The molecule has 0 atom stereocenters. The van der Waals surface area contributed by atoms with Gasteiger partial charge in [-0.05, 0) is 31.2 Å². The maximum atomic E-state index is 12.1. The van der Waals surface area contributed by atoms with Crippen LogP contribution in [-0.4, -0.2) is 22.4 Å². The Balaban J connectivity index is 1.61. The monoisotopic (exact) mass is 341 g/mol. The van der Waals surface area contributed by atoms with Gasteiger partial charge in [0.15, 0.2) is 0 Å². The van der Waals surface area contributed by atoms with Gasteiger partial charge in [0.2, 0.25) is 0 Å². The number of para-hydroxylation sites is 1. The Morgan fingerprint density at radius 1 is 1.29 bits per heavy atom. The van der Waals surface area contributed by atoms with E-state index in [1.807, 2.05) is 24.3 Å². The summed E-state index contributed by atoms with van der Waals surface area (Å²) in [6.07, 6.45) is 0.650.